The molecule has 132 valence electrons. The van der Waals surface area contributed by atoms with E-state index in [1.54, 1.807) is 7.11 Å². The zero-order valence-electron chi connectivity index (χ0n) is 15.1. The molecule has 1 saturated carbocycles. The van der Waals surface area contributed by atoms with E-state index in [0.29, 0.717) is 18.1 Å². The second-order valence-electron chi connectivity index (χ2n) is 7.59. The van der Waals surface area contributed by atoms with Crippen LogP contribution >= 0.6 is 0 Å². The molecule has 3 heteroatoms. The number of rotatable bonds is 5. The van der Waals surface area contributed by atoms with E-state index < -0.39 is 0 Å². The van der Waals surface area contributed by atoms with Crippen molar-refractivity contribution in [1.82, 2.24) is 10.6 Å². The van der Waals surface area contributed by atoms with Gasteiger partial charge in [0.1, 0.15) is 5.75 Å². The molecule has 2 bridgehead atoms. The summed E-state index contributed by atoms with van der Waals surface area (Å²) >= 11 is 0. The quantitative estimate of drug-likeness (QED) is 0.868. The Morgan fingerprint density at radius 3 is 2.60 bits per heavy atom. The molecule has 0 aromatic heterocycles. The Morgan fingerprint density at radius 2 is 1.80 bits per heavy atom. The second-order valence-corrected chi connectivity index (χ2v) is 7.59. The highest BCUT2D eigenvalue weighted by molar-refractivity contribution is 5.33. The maximum absolute atomic E-state index is 5.52. The van der Waals surface area contributed by atoms with Gasteiger partial charge in [-0.3, -0.25) is 0 Å². The topological polar surface area (TPSA) is 33.3 Å². The van der Waals surface area contributed by atoms with Gasteiger partial charge in [0.25, 0.3) is 0 Å². The van der Waals surface area contributed by atoms with Crippen LogP contribution in [-0.2, 0) is 6.54 Å². The van der Waals surface area contributed by atoms with Crippen LogP contribution in [0, 0.1) is 11.8 Å². The largest absolute Gasteiger partial charge is 0.496 e. The predicted octanol–water partition coefficient (Wildman–Crippen LogP) is 3.91. The van der Waals surface area contributed by atoms with Gasteiger partial charge in [0.15, 0.2) is 0 Å². The van der Waals surface area contributed by atoms with Crippen molar-refractivity contribution < 1.29 is 4.74 Å². The minimum Gasteiger partial charge on any atom is -0.496 e. The van der Waals surface area contributed by atoms with Crippen molar-refractivity contribution in [2.75, 3.05) is 7.11 Å². The van der Waals surface area contributed by atoms with Crippen LogP contribution < -0.4 is 15.4 Å². The molecule has 0 amide bonds. The fourth-order valence-corrected chi connectivity index (χ4v) is 4.75. The molecule has 5 unspecified atom stereocenters. The molecule has 0 radical (unpaired) electrons. The molecule has 2 aliphatic rings. The minimum absolute atomic E-state index is 0.379. The van der Waals surface area contributed by atoms with E-state index in [2.05, 4.69) is 60.0 Å². The molecule has 2 N–H and O–H groups in total. The molecular weight excluding hydrogens is 308 g/mol. The van der Waals surface area contributed by atoms with E-state index in [4.69, 9.17) is 4.74 Å². The third-order valence-corrected chi connectivity index (χ3v) is 6.06. The average Bonchev–Trinajstić information content (AvgIpc) is 2.96. The van der Waals surface area contributed by atoms with Crippen LogP contribution in [0.15, 0.2) is 54.6 Å². The molecule has 3 nitrogen and oxygen atoms in total. The standard InChI is InChI=1S/C22H28N2O/c1-15-12-18-13-19(15)24-22(16-8-4-3-5-9-16)21(18)23-14-17-10-6-7-11-20(17)25-2/h3-11,15,18-19,21-24H,12-14H2,1-2H3. The van der Waals surface area contributed by atoms with Gasteiger partial charge in [0.2, 0.25) is 0 Å². The molecule has 1 saturated heterocycles. The molecule has 0 spiro atoms. The Balaban J connectivity index is 1.56. The van der Waals surface area contributed by atoms with Crippen molar-refractivity contribution in [3.05, 3.63) is 65.7 Å². The van der Waals surface area contributed by atoms with Crippen molar-refractivity contribution in [3.63, 3.8) is 0 Å². The molecule has 4 rings (SSSR count). The minimum atomic E-state index is 0.379. The van der Waals surface area contributed by atoms with Crippen LogP contribution in [0.2, 0.25) is 0 Å². The van der Waals surface area contributed by atoms with E-state index >= 15 is 0 Å². The summed E-state index contributed by atoms with van der Waals surface area (Å²) < 4.78 is 5.52. The van der Waals surface area contributed by atoms with Crippen molar-refractivity contribution in [3.8, 4) is 5.75 Å². The fraction of sp³-hybridized carbons (Fsp3) is 0.455. The van der Waals surface area contributed by atoms with Gasteiger partial charge in [-0.15, -0.1) is 0 Å². The number of fused-ring (bicyclic) bond motifs is 2. The van der Waals surface area contributed by atoms with E-state index in [1.807, 2.05) is 12.1 Å². The van der Waals surface area contributed by atoms with Crippen LogP contribution in [0.1, 0.15) is 36.9 Å². The number of hydrogen-bond acceptors (Lipinski definition) is 3. The molecule has 1 aliphatic heterocycles. The highest BCUT2D eigenvalue weighted by Crippen LogP contribution is 2.42. The van der Waals surface area contributed by atoms with Crippen molar-refractivity contribution >= 4 is 0 Å². The summed E-state index contributed by atoms with van der Waals surface area (Å²) in [7, 11) is 1.75. The number of para-hydroxylation sites is 1. The molecule has 2 aromatic rings. The van der Waals surface area contributed by atoms with E-state index in [9.17, 15) is 0 Å². The third kappa shape index (κ3) is 3.31. The Hall–Kier alpha value is -1.84. The van der Waals surface area contributed by atoms with Crippen LogP contribution in [0.4, 0.5) is 0 Å². The van der Waals surface area contributed by atoms with Gasteiger partial charge in [-0.2, -0.15) is 0 Å². The number of hydrogen-bond donors (Lipinski definition) is 2. The highest BCUT2D eigenvalue weighted by atomic mass is 16.5. The maximum Gasteiger partial charge on any atom is 0.123 e. The lowest BCUT2D eigenvalue weighted by Crippen LogP contribution is -2.51. The van der Waals surface area contributed by atoms with E-state index in [-0.39, 0.29) is 0 Å². The first kappa shape index (κ1) is 16.6. The van der Waals surface area contributed by atoms with Crippen LogP contribution in [-0.4, -0.2) is 19.2 Å². The van der Waals surface area contributed by atoms with Gasteiger partial charge in [-0.1, -0.05) is 55.5 Å². The Kier molecular flexibility index (Phi) is 4.78. The van der Waals surface area contributed by atoms with Crippen molar-refractivity contribution in [2.24, 2.45) is 11.8 Å². The zero-order valence-corrected chi connectivity index (χ0v) is 15.1. The smallest absolute Gasteiger partial charge is 0.123 e. The van der Waals surface area contributed by atoms with Gasteiger partial charge in [0.05, 0.1) is 7.11 Å². The molecule has 2 fully saturated rings. The molecule has 5 atom stereocenters. The molecular formula is C22H28N2O. The Morgan fingerprint density at radius 1 is 1.04 bits per heavy atom. The number of nitrogens with one attached hydrogen (secondary N) is 2. The van der Waals surface area contributed by atoms with Gasteiger partial charge in [-0.25, -0.2) is 0 Å². The van der Waals surface area contributed by atoms with E-state index in [1.165, 1.54) is 24.0 Å². The van der Waals surface area contributed by atoms with E-state index in [0.717, 1.165) is 24.1 Å². The lowest BCUT2D eigenvalue weighted by Gasteiger charge is -2.39. The predicted molar refractivity (Wildman–Crippen MR) is 102 cm³/mol. The summed E-state index contributed by atoms with van der Waals surface area (Å²) in [6, 6.07) is 20.7. The monoisotopic (exact) mass is 336 g/mol. The molecule has 1 aliphatic carbocycles. The second kappa shape index (κ2) is 7.19. The van der Waals surface area contributed by atoms with Crippen molar-refractivity contribution in [2.45, 2.75) is 44.4 Å². The van der Waals surface area contributed by atoms with Gasteiger partial charge in [-0.05, 0) is 36.3 Å². The SMILES string of the molecule is COc1ccccc1CNC1C2CC(C)C(C2)NC1c1ccccc1. The summed E-state index contributed by atoms with van der Waals surface area (Å²) in [5.41, 5.74) is 2.62. The number of piperidine rings is 1. The third-order valence-electron chi connectivity index (χ3n) is 6.06. The zero-order chi connectivity index (χ0) is 17.2. The number of methoxy groups -OCH3 is 1. The van der Waals surface area contributed by atoms with Gasteiger partial charge >= 0.3 is 0 Å². The first-order valence-corrected chi connectivity index (χ1v) is 9.42. The Bertz CT molecular complexity index is 700. The Labute approximate surface area is 150 Å². The lowest BCUT2D eigenvalue weighted by molar-refractivity contribution is 0.222. The molecule has 25 heavy (non-hydrogen) atoms. The summed E-state index contributed by atoms with van der Waals surface area (Å²) in [5.74, 6) is 2.46. The average molecular weight is 336 g/mol. The summed E-state index contributed by atoms with van der Waals surface area (Å²) in [6.45, 7) is 3.23. The maximum atomic E-state index is 5.52. The number of benzene rings is 2. The highest BCUT2D eigenvalue weighted by Gasteiger charge is 2.45. The van der Waals surface area contributed by atoms with Crippen LogP contribution in [0.5, 0.6) is 5.75 Å². The number of ether oxygens (including phenoxy) is 1. The first-order valence-electron chi connectivity index (χ1n) is 9.42. The van der Waals surface area contributed by atoms with Gasteiger partial charge in [0, 0.05) is 30.2 Å². The van der Waals surface area contributed by atoms with Crippen molar-refractivity contribution in [1.29, 1.82) is 0 Å². The van der Waals surface area contributed by atoms with Crippen LogP contribution in [0.25, 0.3) is 0 Å². The van der Waals surface area contributed by atoms with Crippen LogP contribution in [0.3, 0.4) is 0 Å². The fourth-order valence-electron chi connectivity index (χ4n) is 4.75. The molecule has 1 heterocycles. The normalized spacial score (nSPS) is 31.0. The summed E-state index contributed by atoms with van der Waals surface area (Å²) in [5, 5.41) is 7.80. The first-order chi connectivity index (χ1) is 12.3. The summed E-state index contributed by atoms with van der Waals surface area (Å²) in [6.07, 6.45) is 2.60. The van der Waals surface area contributed by atoms with Gasteiger partial charge < -0.3 is 15.4 Å². The summed E-state index contributed by atoms with van der Waals surface area (Å²) in [4.78, 5) is 0. The lowest BCUT2D eigenvalue weighted by atomic mass is 9.84. The molecule has 2 aromatic carbocycles.